The maximum atomic E-state index is 12.6. The number of rotatable bonds is 6. The van der Waals surface area contributed by atoms with Gasteiger partial charge in [0.2, 0.25) is 5.78 Å². The average molecular weight is 280 g/mol. The molecule has 2 aromatic rings. The van der Waals surface area contributed by atoms with Crippen molar-refractivity contribution >= 4 is 17.3 Å². The highest BCUT2D eigenvalue weighted by atomic mass is 32.1. The van der Waals surface area contributed by atoms with Crippen molar-refractivity contribution in [3.8, 4) is 5.75 Å². The molecule has 2 heterocycles. The molecule has 2 rings (SSSR count). The molecule has 0 N–H and O–H groups in total. The van der Waals surface area contributed by atoms with Gasteiger partial charge in [0.15, 0.2) is 11.4 Å². The van der Waals surface area contributed by atoms with Crippen LogP contribution in [0, 0.1) is 0 Å². The molecule has 0 aliphatic carbocycles. The number of aromatic nitrogens is 4. The summed E-state index contributed by atoms with van der Waals surface area (Å²) in [6.45, 7) is 4.67. The van der Waals surface area contributed by atoms with E-state index in [0.717, 1.165) is 23.6 Å². The molecule has 0 saturated carbocycles. The van der Waals surface area contributed by atoms with Crippen LogP contribution in [0.1, 0.15) is 41.3 Å². The zero-order valence-corrected chi connectivity index (χ0v) is 12.0. The summed E-state index contributed by atoms with van der Waals surface area (Å²) in [6.07, 6.45) is 3.15. The Balaban J connectivity index is 2.45. The molecule has 0 fully saturated rings. The Hall–Kier alpha value is -1.76. The Kier molecular flexibility index (Phi) is 4.26. The standard InChI is InChI=1S/C12H16N4O2S/c1-4-6-16-10(9(18-3)7-13-16)11(17)12-8(5-2)14-15-19-12/h7H,4-6H2,1-3H3. The molecule has 6 nitrogen and oxygen atoms in total. The second kappa shape index (κ2) is 5.92. The summed E-state index contributed by atoms with van der Waals surface area (Å²) in [7, 11) is 1.54. The zero-order chi connectivity index (χ0) is 13.8. The van der Waals surface area contributed by atoms with Crippen molar-refractivity contribution in [2.45, 2.75) is 33.2 Å². The first kappa shape index (κ1) is 13.7. The summed E-state index contributed by atoms with van der Waals surface area (Å²) < 4.78 is 10.8. The molecule has 102 valence electrons. The van der Waals surface area contributed by atoms with Crippen LogP contribution in [0.2, 0.25) is 0 Å². The molecule has 0 aliphatic rings. The van der Waals surface area contributed by atoms with E-state index < -0.39 is 0 Å². The van der Waals surface area contributed by atoms with Gasteiger partial charge in [-0.3, -0.25) is 9.48 Å². The van der Waals surface area contributed by atoms with Crippen molar-refractivity contribution in [1.82, 2.24) is 19.4 Å². The molecule has 0 atom stereocenters. The molecule has 0 aliphatic heterocycles. The van der Waals surface area contributed by atoms with Crippen LogP contribution in [0.15, 0.2) is 6.20 Å². The average Bonchev–Trinajstić information content (AvgIpc) is 3.04. The van der Waals surface area contributed by atoms with Gasteiger partial charge >= 0.3 is 0 Å². The van der Waals surface area contributed by atoms with Gasteiger partial charge in [0.25, 0.3) is 0 Å². The molecule has 2 aromatic heterocycles. The maximum Gasteiger partial charge on any atom is 0.228 e. The molecule has 7 heteroatoms. The third-order valence-corrected chi connectivity index (χ3v) is 3.54. The molecule has 0 unspecified atom stereocenters. The molecule has 0 saturated heterocycles. The van der Waals surface area contributed by atoms with Crippen LogP contribution in [0.5, 0.6) is 5.75 Å². The predicted molar refractivity (Wildman–Crippen MR) is 71.8 cm³/mol. The molecular weight excluding hydrogens is 264 g/mol. The molecule has 0 bridgehead atoms. The number of carbonyl (C=O) groups is 1. The largest absolute Gasteiger partial charge is 0.493 e. The highest BCUT2D eigenvalue weighted by Gasteiger charge is 2.24. The van der Waals surface area contributed by atoms with E-state index in [1.807, 2.05) is 13.8 Å². The number of carbonyl (C=O) groups excluding carboxylic acids is 1. The lowest BCUT2D eigenvalue weighted by Crippen LogP contribution is -2.13. The first-order valence-corrected chi connectivity index (χ1v) is 6.95. The minimum absolute atomic E-state index is 0.116. The Morgan fingerprint density at radius 2 is 2.26 bits per heavy atom. The molecule has 0 radical (unpaired) electrons. The fourth-order valence-electron chi connectivity index (χ4n) is 1.85. The zero-order valence-electron chi connectivity index (χ0n) is 11.2. The van der Waals surface area contributed by atoms with Crippen LogP contribution >= 0.6 is 11.5 Å². The minimum atomic E-state index is -0.116. The van der Waals surface area contributed by atoms with Crippen molar-refractivity contribution < 1.29 is 9.53 Å². The topological polar surface area (TPSA) is 69.9 Å². The summed E-state index contributed by atoms with van der Waals surface area (Å²) in [6, 6.07) is 0. The molecule has 0 aromatic carbocycles. The third-order valence-electron chi connectivity index (χ3n) is 2.77. The van der Waals surface area contributed by atoms with Crippen molar-refractivity contribution in [2.24, 2.45) is 0 Å². The summed E-state index contributed by atoms with van der Waals surface area (Å²) in [4.78, 5) is 13.2. The Bertz CT molecular complexity index is 576. The number of hydrogen-bond donors (Lipinski definition) is 0. The summed E-state index contributed by atoms with van der Waals surface area (Å²) >= 11 is 1.12. The summed E-state index contributed by atoms with van der Waals surface area (Å²) in [5, 5.41) is 8.17. The second-order valence-electron chi connectivity index (χ2n) is 4.02. The monoisotopic (exact) mass is 280 g/mol. The number of aryl methyl sites for hydroxylation is 2. The number of nitrogens with zero attached hydrogens (tertiary/aromatic N) is 4. The first-order chi connectivity index (χ1) is 9.22. The van der Waals surface area contributed by atoms with Crippen molar-refractivity contribution in [1.29, 1.82) is 0 Å². The maximum absolute atomic E-state index is 12.6. The van der Waals surface area contributed by atoms with Crippen LogP contribution in [0.25, 0.3) is 0 Å². The Labute approximate surface area is 115 Å². The highest BCUT2D eigenvalue weighted by molar-refractivity contribution is 7.08. The van der Waals surface area contributed by atoms with Crippen LogP contribution in [0.4, 0.5) is 0 Å². The van der Waals surface area contributed by atoms with E-state index in [1.54, 1.807) is 10.9 Å². The van der Waals surface area contributed by atoms with E-state index in [9.17, 15) is 4.79 Å². The van der Waals surface area contributed by atoms with Gasteiger partial charge in [0, 0.05) is 6.54 Å². The highest BCUT2D eigenvalue weighted by Crippen LogP contribution is 2.24. The van der Waals surface area contributed by atoms with Crippen LogP contribution in [-0.4, -0.2) is 32.3 Å². The van der Waals surface area contributed by atoms with Crippen LogP contribution < -0.4 is 4.74 Å². The Morgan fingerprint density at radius 1 is 1.47 bits per heavy atom. The summed E-state index contributed by atoms with van der Waals surface area (Å²) in [5.74, 6) is 0.378. The fourth-order valence-corrected chi connectivity index (χ4v) is 2.54. The Morgan fingerprint density at radius 3 is 2.89 bits per heavy atom. The molecule has 19 heavy (non-hydrogen) atoms. The smallest absolute Gasteiger partial charge is 0.228 e. The van der Waals surface area contributed by atoms with Gasteiger partial charge in [0.1, 0.15) is 4.88 Å². The van der Waals surface area contributed by atoms with E-state index in [-0.39, 0.29) is 5.78 Å². The summed E-state index contributed by atoms with van der Waals surface area (Å²) in [5.41, 5.74) is 1.20. The van der Waals surface area contributed by atoms with Gasteiger partial charge in [0.05, 0.1) is 19.0 Å². The number of ketones is 1. The number of ether oxygens (including phenoxy) is 1. The van der Waals surface area contributed by atoms with E-state index in [0.29, 0.717) is 29.3 Å². The van der Waals surface area contributed by atoms with Gasteiger partial charge in [-0.15, -0.1) is 5.10 Å². The van der Waals surface area contributed by atoms with Crippen LogP contribution in [-0.2, 0) is 13.0 Å². The van der Waals surface area contributed by atoms with E-state index in [1.165, 1.54) is 7.11 Å². The number of hydrogen-bond acceptors (Lipinski definition) is 6. The molecule has 0 amide bonds. The lowest BCUT2D eigenvalue weighted by molar-refractivity contribution is 0.102. The van der Waals surface area contributed by atoms with Crippen molar-refractivity contribution in [3.05, 3.63) is 22.5 Å². The second-order valence-corrected chi connectivity index (χ2v) is 4.77. The van der Waals surface area contributed by atoms with Crippen molar-refractivity contribution in [2.75, 3.05) is 7.11 Å². The van der Waals surface area contributed by atoms with E-state index in [4.69, 9.17) is 4.74 Å². The lowest BCUT2D eigenvalue weighted by Gasteiger charge is -2.06. The van der Waals surface area contributed by atoms with Gasteiger partial charge in [-0.2, -0.15) is 5.10 Å². The quantitative estimate of drug-likeness (QED) is 0.756. The van der Waals surface area contributed by atoms with Gasteiger partial charge in [-0.1, -0.05) is 18.3 Å². The van der Waals surface area contributed by atoms with Gasteiger partial charge < -0.3 is 4.74 Å². The SMILES string of the molecule is CCCn1ncc(OC)c1C(=O)c1snnc1CC. The molecular formula is C12H16N4O2S. The minimum Gasteiger partial charge on any atom is -0.493 e. The molecule has 0 spiro atoms. The number of methoxy groups -OCH3 is 1. The van der Waals surface area contributed by atoms with Gasteiger partial charge in [-0.05, 0) is 24.4 Å². The first-order valence-electron chi connectivity index (χ1n) is 6.18. The normalized spacial score (nSPS) is 10.7. The third kappa shape index (κ3) is 2.51. The fraction of sp³-hybridized carbons (Fsp3) is 0.500. The van der Waals surface area contributed by atoms with Gasteiger partial charge in [-0.25, -0.2) is 0 Å². The van der Waals surface area contributed by atoms with Crippen LogP contribution in [0.3, 0.4) is 0 Å². The van der Waals surface area contributed by atoms with E-state index >= 15 is 0 Å². The van der Waals surface area contributed by atoms with E-state index in [2.05, 4.69) is 14.7 Å². The lowest BCUT2D eigenvalue weighted by atomic mass is 10.1. The van der Waals surface area contributed by atoms with Crippen molar-refractivity contribution in [3.63, 3.8) is 0 Å². The predicted octanol–water partition coefficient (Wildman–Crippen LogP) is 1.95.